The standard InChI is InChI=1S/C7H13N2O/c1-6(2)7(3,4)9(10)5-8-6/h8H,1-4H3/q-1. The molecule has 0 atom stereocenters. The molecule has 1 rings (SSSR count). The van der Waals surface area contributed by atoms with E-state index in [2.05, 4.69) is 11.7 Å². The number of hydrogen-bond acceptors (Lipinski definition) is 2. The largest absolute Gasteiger partial charge is 0.745 e. The summed E-state index contributed by atoms with van der Waals surface area (Å²) in [6, 6.07) is 0. The number of nitrogens with zero attached hydrogens (tertiary/aromatic N) is 1. The highest BCUT2D eigenvalue weighted by Crippen LogP contribution is 2.26. The van der Waals surface area contributed by atoms with Gasteiger partial charge in [-0.05, 0) is 27.7 Å². The molecular formula is C7H13N2O-. The molecule has 0 aromatic heterocycles. The predicted molar refractivity (Wildman–Crippen MR) is 39.9 cm³/mol. The van der Waals surface area contributed by atoms with Crippen molar-refractivity contribution < 1.29 is 4.74 Å². The van der Waals surface area contributed by atoms with Crippen molar-refractivity contribution in [1.29, 1.82) is 0 Å². The van der Waals surface area contributed by atoms with E-state index in [1.54, 1.807) is 0 Å². The number of hydroxylamine groups is 1. The third-order valence-electron chi connectivity index (χ3n) is 2.51. The molecule has 1 aliphatic heterocycles. The first-order valence-corrected chi connectivity index (χ1v) is 3.38. The van der Waals surface area contributed by atoms with Crippen molar-refractivity contribution in [2.24, 2.45) is 0 Å². The van der Waals surface area contributed by atoms with Gasteiger partial charge in [-0.25, -0.2) is 0 Å². The van der Waals surface area contributed by atoms with Crippen molar-refractivity contribution in [2.75, 3.05) is 0 Å². The SMILES string of the molecule is CC1(C)N[C-]=[N+]([O-])C1(C)C. The first-order chi connectivity index (χ1) is 4.38. The molecule has 0 fully saturated rings. The van der Waals surface area contributed by atoms with Gasteiger partial charge in [0, 0.05) is 0 Å². The zero-order valence-electron chi connectivity index (χ0n) is 6.86. The molecule has 0 aromatic carbocycles. The summed E-state index contributed by atoms with van der Waals surface area (Å²) in [4.78, 5) is 0. The van der Waals surface area contributed by atoms with E-state index in [0.29, 0.717) is 0 Å². The van der Waals surface area contributed by atoms with Crippen LogP contribution in [-0.2, 0) is 0 Å². The van der Waals surface area contributed by atoms with Gasteiger partial charge in [0.25, 0.3) is 0 Å². The molecule has 3 nitrogen and oxygen atoms in total. The summed E-state index contributed by atoms with van der Waals surface area (Å²) in [5.74, 6) is 0. The van der Waals surface area contributed by atoms with Crippen molar-refractivity contribution >= 4 is 6.34 Å². The molecule has 1 heterocycles. The zero-order chi connectivity index (χ0) is 7.99. The van der Waals surface area contributed by atoms with E-state index in [0.717, 1.165) is 4.74 Å². The second-order valence-corrected chi connectivity index (χ2v) is 3.72. The van der Waals surface area contributed by atoms with Crippen LogP contribution in [0, 0.1) is 5.21 Å². The molecule has 0 aromatic rings. The molecule has 0 radical (unpaired) electrons. The minimum Gasteiger partial charge on any atom is -0.745 e. The van der Waals surface area contributed by atoms with Crippen LogP contribution in [0.25, 0.3) is 0 Å². The van der Waals surface area contributed by atoms with Crippen molar-refractivity contribution in [3.8, 4) is 0 Å². The fourth-order valence-electron chi connectivity index (χ4n) is 0.737. The quantitative estimate of drug-likeness (QED) is 0.304. The van der Waals surface area contributed by atoms with Crippen molar-refractivity contribution in [3.05, 3.63) is 5.21 Å². The summed E-state index contributed by atoms with van der Waals surface area (Å²) in [6.45, 7) is 7.76. The van der Waals surface area contributed by atoms with Gasteiger partial charge in [-0.1, -0.05) is 0 Å². The lowest BCUT2D eigenvalue weighted by Gasteiger charge is -2.38. The third kappa shape index (κ3) is 0.696. The summed E-state index contributed by atoms with van der Waals surface area (Å²) in [5, 5.41) is 14.0. The average molecular weight is 141 g/mol. The van der Waals surface area contributed by atoms with E-state index in [9.17, 15) is 5.21 Å². The Morgan fingerprint density at radius 1 is 1.30 bits per heavy atom. The summed E-state index contributed by atoms with van der Waals surface area (Å²) < 4.78 is 0.840. The van der Waals surface area contributed by atoms with Gasteiger partial charge >= 0.3 is 0 Å². The summed E-state index contributed by atoms with van der Waals surface area (Å²) in [5.41, 5.74) is -0.582. The molecule has 3 heteroatoms. The fourth-order valence-corrected chi connectivity index (χ4v) is 0.737. The van der Waals surface area contributed by atoms with Gasteiger partial charge in [-0.15, -0.1) is 6.34 Å². The maximum Gasteiger partial charge on any atom is 0.111 e. The molecule has 0 spiro atoms. The Balaban J connectivity index is 2.96. The number of rotatable bonds is 0. The van der Waals surface area contributed by atoms with E-state index < -0.39 is 5.54 Å². The Bertz CT molecular complexity index is 182. The minimum atomic E-state index is -0.396. The molecule has 58 valence electrons. The van der Waals surface area contributed by atoms with Crippen molar-refractivity contribution in [1.82, 2.24) is 5.32 Å². The normalized spacial score (nSPS) is 27.4. The molecule has 1 N–H and O–H groups in total. The highest BCUT2D eigenvalue weighted by Gasteiger charge is 2.41. The van der Waals surface area contributed by atoms with Gasteiger partial charge in [0.15, 0.2) is 0 Å². The lowest BCUT2D eigenvalue weighted by molar-refractivity contribution is -0.535. The Labute approximate surface area is 61.3 Å². The lowest BCUT2D eigenvalue weighted by atomic mass is 9.84. The molecule has 0 saturated carbocycles. The summed E-state index contributed by atoms with van der Waals surface area (Å²) in [7, 11) is 0. The van der Waals surface area contributed by atoms with Crippen LogP contribution in [0.3, 0.4) is 0 Å². The van der Waals surface area contributed by atoms with Crippen LogP contribution in [0.4, 0.5) is 0 Å². The van der Waals surface area contributed by atoms with Gasteiger partial charge in [0.05, 0.1) is 0 Å². The molecule has 1 aliphatic rings. The molecule has 0 aliphatic carbocycles. The first-order valence-electron chi connectivity index (χ1n) is 3.38. The van der Waals surface area contributed by atoms with E-state index in [-0.39, 0.29) is 5.54 Å². The van der Waals surface area contributed by atoms with Gasteiger partial charge in [-0.2, -0.15) is 0 Å². The Morgan fingerprint density at radius 2 is 1.80 bits per heavy atom. The summed E-state index contributed by atoms with van der Waals surface area (Å²) in [6.07, 6.45) is 2.53. The fraction of sp³-hybridized carbons (Fsp3) is 0.857. The van der Waals surface area contributed by atoms with Crippen LogP contribution in [-0.4, -0.2) is 22.2 Å². The Kier molecular flexibility index (Phi) is 1.22. The van der Waals surface area contributed by atoms with Gasteiger partial charge < -0.3 is 15.3 Å². The molecule has 10 heavy (non-hydrogen) atoms. The van der Waals surface area contributed by atoms with E-state index in [1.165, 1.54) is 0 Å². The number of hydrogen-bond donors (Lipinski definition) is 1. The van der Waals surface area contributed by atoms with Gasteiger partial charge in [0.2, 0.25) is 0 Å². The van der Waals surface area contributed by atoms with E-state index in [4.69, 9.17) is 0 Å². The highest BCUT2D eigenvalue weighted by molar-refractivity contribution is 5.53. The average Bonchev–Trinajstić information content (AvgIpc) is 1.94. The molecule has 0 amide bonds. The molecule has 0 saturated heterocycles. The van der Waals surface area contributed by atoms with Crippen LogP contribution in [0.1, 0.15) is 27.7 Å². The third-order valence-corrected chi connectivity index (χ3v) is 2.51. The monoisotopic (exact) mass is 141 g/mol. The Hall–Kier alpha value is -0.730. The van der Waals surface area contributed by atoms with Gasteiger partial charge in [0.1, 0.15) is 11.1 Å². The van der Waals surface area contributed by atoms with Crippen LogP contribution in [0.5, 0.6) is 0 Å². The number of nitrogens with one attached hydrogen (secondary N) is 1. The molecule has 0 unspecified atom stereocenters. The second kappa shape index (κ2) is 1.65. The minimum absolute atomic E-state index is 0.186. The van der Waals surface area contributed by atoms with Crippen molar-refractivity contribution in [3.63, 3.8) is 0 Å². The van der Waals surface area contributed by atoms with Crippen LogP contribution in [0.2, 0.25) is 0 Å². The highest BCUT2D eigenvalue weighted by atomic mass is 16.5. The van der Waals surface area contributed by atoms with Crippen molar-refractivity contribution in [2.45, 2.75) is 38.8 Å². The molecule has 0 bridgehead atoms. The lowest BCUT2D eigenvalue weighted by Crippen LogP contribution is -2.52. The maximum atomic E-state index is 11.1. The topological polar surface area (TPSA) is 38.1 Å². The van der Waals surface area contributed by atoms with Gasteiger partial charge in [-0.3, -0.25) is 0 Å². The molecular weight excluding hydrogens is 128 g/mol. The Morgan fingerprint density at radius 3 is 1.90 bits per heavy atom. The van der Waals surface area contributed by atoms with E-state index in [1.807, 2.05) is 27.7 Å². The smallest absolute Gasteiger partial charge is 0.111 e. The van der Waals surface area contributed by atoms with Crippen LogP contribution < -0.4 is 5.32 Å². The van der Waals surface area contributed by atoms with Crippen LogP contribution in [0.15, 0.2) is 0 Å². The predicted octanol–water partition coefficient (Wildman–Crippen LogP) is 0.562. The summed E-state index contributed by atoms with van der Waals surface area (Å²) >= 11 is 0. The first kappa shape index (κ1) is 7.38. The second-order valence-electron chi connectivity index (χ2n) is 3.72. The van der Waals surface area contributed by atoms with E-state index >= 15 is 0 Å². The maximum absolute atomic E-state index is 11.1. The van der Waals surface area contributed by atoms with Crippen LogP contribution >= 0.6 is 0 Å². The zero-order valence-corrected chi connectivity index (χ0v) is 6.86.